The minimum atomic E-state index is 0.817. The predicted octanol–water partition coefficient (Wildman–Crippen LogP) is 13.6. The molecule has 0 spiro atoms. The summed E-state index contributed by atoms with van der Waals surface area (Å²) in [4.78, 5) is 0. The number of hydrogen-bond acceptors (Lipinski definition) is 1. The molecule has 12 rings (SSSR count). The summed E-state index contributed by atoms with van der Waals surface area (Å²) in [5.74, 6) is 0. The Hall–Kier alpha value is -6.44. The summed E-state index contributed by atoms with van der Waals surface area (Å²) < 4.78 is 0. The van der Waals surface area contributed by atoms with E-state index in [1.54, 1.807) is 0 Å². The summed E-state index contributed by atoms with van der Waals surface area (Å²) in [5, 5.41) is 23.1. The molecule has 50 heavy (non-hydrogen) atoms. The van der Waals surface area contributed by atoms with Crippen molar-refractivity contribution in [3.05, 3.63) is 151 Å². The number of benzene rings is 12. The number of hydrogen-bond donors (Lipinski definition) is 1. The molecule has 0 bridgehead atoms. The quantitative estimate of drug-likeness (QED) is 0.149. The van der Waals surface area contributed by atoms with E-state index in [2.05, 4.69) is 153 Å². The van der Waals surface area contributed by atoms with Gasteiger partial charge in [-0.25, -0.2) is 0 Å². The van der Waals surface area contributed by atoms with Gasteiger partial charge < -0.3 is 5.73 Å². The zero-order chi connectivity index (χ0) is 32.8. The van der Waals surface area contributed by atoms with Crippen molar-refractivity contribution in [1.82, 2.24) is 0 Å². The Balaban J connectivity index is 1.23. The van der Waals surface area contributed by atoms with Gasteiger partial charge in [-0.1, -0.05) is 127 Å². The first-order valence-corrected chi connectivity index (χ1v) is 17.5. The van der Waals surface area contributed by atoms with E-state index in [0.717, 1.165) is 11.1 Å². The molecule has 0 unspecified atom stereocenters. The normalized spacial score (nSPS) is 12.6. The van der Waals surface area contributed by atoms with E-state index in [0.29, 0.717) is 0 Å². The van der Waals surface area contributed by atoms with E-state index in [9.17, 15) is 0 Å². The fraction of sp³-hybridized carbons (Fsp3) is 0.0204. The van der Waals surface area contributed by atoms with Crippen LogP contribution in [0.4, 0.5) is 5.69 Å². The molecule has 12 aromatic rings. The first kappa shape index (κ1) is 26.5. The van der Waals surface area contributed by atoms with E-state index in [-0.39, 0.29) is 0 Å². The average molecular weight is 632 g/mol. The van der Waals surface area contributed by atoms with Crippen LogP contribution in [0.15, 0.2) is 146 Å². The molecule has 0 aliphatic rings. The largest absolute Gasteiger partial charge is 0.398 e. The fourth-order valence-corrected chi connectivity index (χ4v) is 9.61. The number of rotatable bonds is 2. The lowest BCUT2D eigenvalue weighted by molar-refractivity contribution is 1.54. The molecule has 2 N–H and O–H groups in total. The van der Waals surface area contributed by atoms with Crippen molar-refractivity contribution < 1.29 is 0 Å². The van der Waals surface area contributed by atoms with Crippen molar-refractivity contribution in [2.75, 3.05) is 5.73 Å². The highest BCUT2D eigenvalue weighted by atomic mass is 14.6. The van der Waals surface area contributed by atoms with Crippen LogP contribution in [0.1, 0.15) is 5.56 Å². The van der Waals surface area contributed by atoms with Gasteiger partial charge in [-0.05, 0) is 139 Å². The van der Waals surface area contributed by atoms with E-state index < -0.39 is 0 Å². The molecule has 0 heterocycles. The van der Waals surface area contributed by atoms with Gasteiger partial charge in [0.25, 0.3) is 0 Å². The third-order valence-corrected chi connectivity index (χ3v) is 11.7. The van der Waals surface area contributed by atoms with Gasteiger partial charge >= 0.3 is 0 Å². The molecular formula is C49H29N. The Morgan fingerprint density at radius 2 is 0.680 bits per heavy atom. The highest BCUT2D eigenvalue weighted by molar-refractivity contribution is 6.34. The van der Waals surface area contributed by atoms with Crippen LogP contribution < -0.4 is 5.73 Å². The summed E-state index contributed by atoms with van der Waals surface area (Å²) in [5.41, 5.74) is 14.1. The SMILES string of the molecule is Cc1cc(-c2cc3cccc4ccc5cccc2c5c43)c2ccc3c(N)cc(-c4cc5cccc6ccc7cccc4c7c65)c4ccc1c2c34. The maximum atomic E-state index is 7.07. The summed E-state index contributed by atoms with van der Waals surface area (Å²) in [6.07, 6.45) is 0. The van der Waals surface area contributed by atoms with E-state index >= 15 is 0 Å². The van der Waals surface area contributed by atoms with Crippen molar-refractivity contribution in [2.24, 2.45) is 0 Å². The summed E-state index contributed by atoms with van der Waals surface area (Å²) in [6.45, 7) is 2.26. The lowest BCUT2D eigenvalue weighted by atomic mass is 9.82. The van der Waals surface area contributed by atoms with E-state index in [4.69, 9.17) is 5.73 Å². The van der Waals surface area contributed by atoms with Crippen molar-refractivity contribution in [3.63, 3.8) is 0 Å². The van der Waals surface area contributed by atoms with Gasteiger partial charge in [-0.15, -0.1) is 0 Å². The van der Waals surface area contributed by atoms with Crippen LogP contribution >= 0.6 is 0 Å². The molecule has 0 saturated heterocycles. The molecule has 12 aromatic carbocycles. The molecule has 0 atom stereocenters. The van der Waals surface area contributed by atoms with Crippen molar-refractivity contribution in [1.29, 1.82) is 0 Å². The number of anilines is 1. The third kappa shape index (κ3) is 3.23. The van der Waals surface area contributed by atoms with Crippen LogP contribution in [0.3, 0.4) is 0 Å². The van der Waals surface area contributed by atoms with Crippen molar-refractivity contribution >= 4 is 103 Å². The molecule has 1 nitrogen and oxygen atoms in total. The minimum absolute atomic E-state index is 0.817. The maximum Gasteiger partial charge on any atom is 0.0400 e. The van der Waals surface area contributed by atoms with Gasteiger partial charge in [0.2, 0.25) is 0 Å². The Morgan fingerprint density at radius 1 is 0.300 bits per heavy atom. The molecule has 0 aliphatic heterocycles. The first-order valence-electron chi connectivity index (χ1n) is 17.5. The maximum absolute atomic E-state index is 7.07. The minimum Gasteiger partial charge on any atom is -0.398 e. The average Bonchev–Trinajstić information content (AvgIpc) is 3.16. The molecular weight excluding hydrogens is 603 g/mol. The molecule has 230 valence electrons. The molecule has 0 saturated carbocycles. The smallest absolute Gasteiger partial charge is 0.0400 e. The lowest BCUT2D eigenvalue weighted by Gasteiger charge is -2.21. The summed E-state index contributed by atoms with van der Waals surface area (Å²) >= 11 is 0. The highest BCUT2D eigenvalue weighted by Gasteiger charge is 2.22. The highest BCUT2D eigenvalue weighted by Crippen LogP contribution is 2.49. The zero-order valence-electron chi connectivity index (χ0n) is 27.4. The molecule has 0 fully saturated rings. The van der Waals surface area contributed by atoms with Crippen molar-refractivity contribution in [3.8, 4) is 22.3 Å². The molecule has 1 heteroatoms. The van der Waals surface area contributed by atoms with Gasteiger partial charge in [-0.2, -0.15) is 0 Å². The molecule has 0 aliphatic carbocycles. The van der Waals surface area contributed by atoms with Gasteiger partial charge in [0.15, 0.2) is 0 Å². The van der Waals surface area contributed by atoms with Crippen LogP contribution in [0, 0.1) is 6.92 Å². The van der Waals surface area contributed by atoms with Gasteiger partial charge in [0.05, 0.1) is 0 Å². The van der Waals surface area contributed by atoms with E-state index in [1.165, 1.54) is 119 Å². The van der Waals surface area contributed by atoms with Crippen LogP contribution in [0.5, 0.6) is 0 Å². The van der Waals surface area contributed by atoms with Crippen LogP contribution in [0.25, 0.3) is 119 Å². The molecule has 0 amide bonds. The Morgan fingerprint density at radius 3 is 1.24 bits per heavy atom. The van der Waals surface area contributed by atoms with Gasteiger partial charge in [0, 0.05) is 16.5 Å². The lowest BCUT2D eigenvalue weighted by Crippen LogP contribution is -1.96. The van der Waals surface area contributed by atoms with Gasteiger partial charge in [-0.3, -0.25) is 0 Å². The second-order valence-electron chi connectivity index (χ2n) is 14.3. The monoisotopic (exact) mass is 631 g/mol. The summed E-state index contributed by atoms with van der Waals surface area (Å²) in [6, 6.07) is 54.5. The second kappa shape index (κ2) is 9.16. The number of nitrogens with two attached hydrogens (primary N) is 1. The van der Waals surface area contributed by atoms with Crippen LogP contribution in [-0.4, -0.2) is 0 Å². The first-order chi connectivity index (χ1) is 24.6. The topological polar surface area (TPSA) is 26.0 Å². The number of aryl methyl sites for hydroxylation is 1. The fourth-order valence-electron chi connectivity index (χ4n) is 9.61. The van der Waals surface area contributed by atoms with Crippen LogP contribution in [-0.2, 0) is 0 Å². The molecule has 0 aromatic heterocycles. The molecule has 0 radical (unpaired) electrons. The van der Waals surface area contributed by atoms with Gasteiger partial charge in [0.1, 0.15) is 0 Å². The predicted molar refractivity (Wildman–Crippen MR) is 218 cm³/mol. The Bertz CT molecular complexity index is 3160. The van der Waals surface area contributed by atoms with Crippen molar-refractivity contribution in [2.45, 2.75) is 6.92 Å². The Kier molecular flexibility index (Phi) is 4.86. The van der Waals surface area contributed by atoms with E-state index in [1.807, 2.05) is 0 Å². The standard InChI is InChI=1S/C49H29N/c1-26-22-39(40-23-31-10-2-6-27-14-16-29-8-4-12-34(40)46(29)44(27)31)36-20-21-38-43(50)25-42(37-19-18-33(26)48(36)49(37)38)41-24-32-11-3-7-28-15-17-30-9-5-13-35(41)47(30)45(28)32/h2-25H,50H2,1H3. The van der Waals surface area contributed by atoms with Crippen LogP contribution in [0.2, 0.25) is 0 Å². The second-order valence-corrected chi connectivity index (χ2v) is 14.3. The zero-order valence-corrected chi connectivity index (χ0v) is 27.4. The summed E-state index contributed by atoms with van der Waals surface area (Å²) in [7, 11) is 0. The Labute approximate surface area is 287 Å². The number of nitrogen functional groups attached to an aromatic ring is 1. The third-order valence-electron chi connectivity index (χ3n) is 11.7.